The average Bonchev–Trinajstić information content (AvgIpc) is 2.68. The molecule has 2 amide bonds. The second-order valence-electron chi connectivity index (χ2n) is 6.73. The fourth-order valence-electron chi connectivity index (χ4n) is 2.96. The lowest BCUT2D eigenvalue weighted by Crippen LogP contribution is -2.15. The Bertz CT molecular complexity index is 984. The lowest BCUT2D eigenvalue weighted by molar-refractivity contribution is -0.116. The molecule has 0 radical (unpaired) electrons. The SMILES string of the molecule is Cc1ccc(CCC(=O)Nc2cccc(C(=O)Nc3ccccn3)c2)c(C)c1. The maximum absolute atomic E-state index is 12.4. The topological polar surface area (TPSA) is 71.1 Å². The van der Waals surface area contributed by atoms with Crippen LogP contribution in [0.2, 0.25) is 0 Å². The van der Waals surface area contributed by atoms with E-state index in [0.717, 1.165) is 0 Å². The Morgan fingerprint density at radius 2 is 1.79 bits per heavy atom. The van der Waals surface area contributed by atoms with E-state index in [9.17, 15) is 9.59 Å². The molecule has 0 unspecified atom stereocenters. The highest BCUT2D eigenvalue weighted by Gasteiger charge is 2.09. The molecule has 3 rings (SSSR count). The van der Waals surface area contributed by atoms with Crippen LogP contribution in [0.15, 0.2) is 66.9 Å². The van der Waals surface area contributed by atoms with Crippen molar-refractivity contribution in [3.63, 3.8) is 0 Å². The van der Waals surface area contributed by atoms with E-state index in [1.54, 1.807) is 48.7 Å². The van der Waals surface area contributed by atoms with Gasteiger partial charge in [-0.25, -0.2) is 4.98 Å². The van der Waals surface area contributed by atoms with Crippen LogP contribution < -0.4 is 10.6 Å². The number of nitrogens with one attached hydrogen (secondary N) is 2. The van der Waals surface area contributed by atoms with Gasteiger partial charge in [-0.2, -0.15) is 0 Å². The van der Waals surface area contributed by atoms with Gasteiger partial charge in [-0.15, -0.1) is 0 Å². The molecule has 1 heterocycles. The van der Waals surface area contributed by atoms with E-state index >= 15 is 0 Å². The van der Waals surface area contributed by atoms with Gasteiger partial charge in [0.1, 0.15) is 5.82 Å². The number of anilines is 2. The van der Waals surface area contributed by atoms with E-state index in [0.29, 0.717) is 29.9 Å². The number of hydrogen-bond donors (Lipinski definition) is 2. The van der Waals surface area contributed by atoms with Gasteiger partial charge >= 0.3 is 0 Å². The Morgan fingerprint density at radius 3 is 2.54 bits per heavy atom. The molecular formula is C23H23N3O2. The molecule has 0 fully saturated rings. The van der Waals surface area contributed by atoms with Crippen LogP contribution in [0.25, 0.3) is 0 Å². The average molecular weight is 373 g/mol. The molecule has 1 aromatic heterocycles. The first-order chi connectivity index (χ1) is 13.5. The second-order valence-corrected chi connectivity index (χ2v) is 6.73. The molecule has 5 nitrogen and oxygen atoms in total. The van der Waals surface area contributed by atoms with Gasteiger partial charge in [-0.05, 0) is 61.7 Å². The molecule has 28 heavy (non-hydrogen) atoms. The minimum absolute atomic E-state index is 0.0812. The van der Waals surface area contributed by atoms with Gasteiger partial charge in [-0.1, -0.05) is 35.9 Å². The number of aromatic nitrogens is 1. The van der Waals surface area contributed by atoms with Gasteiger partial charge in [-0.3, -0.25) is 9.59 Å². The van der Waals surface area contributed by atoms with Crippen LogP contribution in [0.1, 0.15) is 33.5 Å². The Kier molecular flexibility index (Phi) is 6.17. The molecule has 5 heteroatoms. The van der Waals surface area contributed by atoms with E-state index in [4.69, 9.17) is 0 Å². The van der Waals surface area contributed by atoms with Crippen molar-refractivity contribution in [2.75, 3.05) is 10.6 Å². The van der Waals surface area contributed by atoms with Gasteiger partial charge < -0.3 is 10.6 Å². The van der Waals surface area contributed by atoms with Gasteiger partial charge in [0.2, 0.25) is 5.91 Å². The summed E-state index contributed by atoms with van der Waals surface area (Å²) in [6, 6.07) is 18.4. The van der Waals surface area contributed by atoms with Crippen molar-refractivity contribution in [3.05, 3.63) is 89.1 Å². The Balaban J connectivity index is 1.59. The summed E-state index contributed by atoms with van der Waals surface area (Å²) in [6.07, 6.45) is 2.67. The normalized spacial score (nSPS) is 10.4. The number of carbonyl (C=O) groups is 2. The first-order valence-corrected chi connectivity index (χ1v) is 9.20. The second kappa shape index (κ2) is 8.95. The minimum atomic E-state index is -0.273. The van der Waals surface area contributed by atoms with Crippen molar-refractivity contribution in [1.82, 2.24) is 4.98 Å². The van der Waals surface area contributed by atoms with Crippen molar-refractivity contribution >= 4 is 23.3 Å². The number of nitrogens with zero attached hydrogens (tertiary/aromatic N) is 1. The third-order valence-corrected chi connectivity index (χ3v) is 4.43. The van der Waals surface area contributed by atoms with Crippen LogP contribution in [0.4, 0.5) is 11.5 Å². The molecule has 0 spiro atoms. The standard InChI is InChI=1S/C23H23N3O2/c1-16-9-10-18(17(2)14-16)11-12-22(27)25-20-7-5-6-19(15-20)23(28)26-21-8-3-4-13-24-21/h3-10,13-15H,11-12H2,1-2H3,(H,25,27)(H,24,26,28). The minimum Gasteiger partial charge on any atom is -0.326 e. The summed E-state index contributed by atoms with van der Waals surface area (Å²) in [5, 5.41) is 5.60. The third-order valence-electron chi connectivity index (χ3n) is 4.43. The van der Waals surface area contributed by atoms with E-state index in [2.05, 4.69) is 47.7 Å². The summed E-state index contributed by atoms with van der Waals surface area (Å²) in [6.45, 7) is 4.12. The van der Waals surface area contributed by atoms with Crippen LogP contribution in [0.5, 0.6) is 0 Å². The van der Waals surface area contributed by atoms with Gasteiger partial charge in [0.25, 0.3) is 5.91 Å². The molecular weight excluding hydrogens is 350 g/mol. The fraction of sp³-hybridized carbons (Fsp3) is 0.174. The van der Waals surface area contributed by atoms with Gasteiger partial charge in [0.15, 0.2) is 0 Å². The van der Waals surface area contributed by atoms with Crippen LogP contribution >= 0.6 is 0 Å². The molecule has 3 aromatic rings. The van der Waals surface area contributed by atoms with Crippen molar-refractivity contribution in [1.29, 1.82) is 0 Å². The number of pyridine rings is 1. The molecule has 0 saturated carbocycles. The van der Waals surface area contributed by atoms with Crippen molar-refractivity contribution in [2.45, 2.75) is 26.7 Å². The number of aryl methyl sites for hydroxylation is 3. The number of carbonyl (C=O) groups excluding carboxylic acids is 2. The molecule has 0 aliphatic heterocycles. The largest absolute Gasteiger partial charge is 0.326 e. The molecule has 0 aliphatic rings. The van der Waals surface area contributed by atoms with Gasteiger partial charge in [0, 0.05) is 23.9 Å². The summed E-state index contributed by atoms with van der Waals surface area (Å²) in [5.41, 5.74) is 4.63. The quantitative estimate of drug-likeness (QED) is 0.667. The van der Waals surface area contributed by atoms with Crippen LogP contribution in [0.3, 0.4) is 0 Å². The number of hydrogen-bond acceptors (Lipinski definition) is 3. The number of amides is 2. The highest BCUT2D eigenvalue weighted by Crippen LogP contribution is 2.15. The maximum Gasteiger partial charge on any atom is 0.256 e. The fourth-order valence-corrected chi connectivity index (χ4v) is 2.96. The summed E-state index contributed by atoms with van der Waals surface area (Å²) in [4.78, 5) is 28.8. The highest BCUT2D eigenvalue weighted by atomic mass is 16.2. The number of rotatable bonds is 6. The molecule has 142 valence electrons. The Hall–Kier alpha value is -3.47. The highest BCUT2D eigenvalue weighted by molar-refractivity contribution is 6.04. The van der Waals surface area contributed by atoms with Crippen molar-refractivity contribution in [3.8, 4) is 0 Å². The molecule has 2 N–H and O–H groups in total. The monoisotopic (exact) mass is 373 g/mol. The summed E-state index contributed by atoms with van der Waals surface area (Å²) in [7, 11) is 0. The summed E-state index contributed by atoms with van der Waals surface area (Å²) >= 11 is 0. The summed E-state index contributed by atoms with van der Waals surface area (Å²) in [5.74, 6) is 0.128. The third kappa shape index (κ3) is 5.27. The molecule has 0 bridgehead atoms. The zero-order valence-corrected chi connectivity index (χ0v) is 16.0. The van der Waals surface area contributed by atoms with Crippen LogP contribution in [-0.4, -0.2) is 16.8 Å². The molecule has 0 saturated heterocycles. The smallest absolute Gasteiger partial charge is 0.256 e. The van der Waals surface area contributed by atoms with E-state index in [1.807, 2.05) is 0 Å². The van der Waals surface area contributed by atoms with Crippen LogP contribution in [0, 0.1) is 13.8 Å². The van der Waals surface area contributed by atoms with Crippen molar-refractivity contribution < 1.29 is 9.59 Å². The zero-order valence-electron chi connectivity index (χ0n) is 16.0. The first-order valence-electron chi connectivity index (χ1n) is 9.20. The predicted molar refractivity (Wildman–Crippen MR) is 111 cm³/mol. The Labute approximate surface area is 164 Å². The molecule has 0 atom stereocenters. The first kappa shape index (κ1) is 19.3. The maximum atomic E-state index is 12.4. The number of benzene rings is 2. The van der Waals surface area contributed by atoms with Gasteiger partial charge in [0.05, 0.1) is 0 Å². The lowest BCUT2D eigenvalue weighted by atomic mass is 10.0. The van der Waals surface area contributed by atoms with Crippen LogP contribution in [-0.2, 0) is 11.2 Å². The zero-order chi connectivity index (χ0) is 19.9. The van der Waals surface area contributed by atoms with Crippen molar-refractivity contribution in [2.24, 2.45) is 0 Å². The lowest BCUT2D eigenvalue weighted by Gasteiger charge is -2.09. The van der Waals surface area contributed by atoms with E-state index < -0.39 is 0 Å². The molecule has 2 aromatic carbocycles. The Morgan fingerprint density at radius 1 is 0.929 bits per heavy atom. The predicted octanol–water partition coefficient (Wildman–Crippen LogP) is 4.52. The summed E-state index contributed by atoms with van der Waals surface area (Å²) < 4.78 is 0. The molecule has 0 aliphatic carbocycles. The van der Waals surface area contributed by atoms with E-state index in [1.165, 1.54) is 16.7 Å². The van der Waals surface area contributed by atoms with E-state index in [-0.39, 0.29) is 11.8 Å².